The molecule has 3 nitrogen and oxygen atoms in total. The highest BCUT2D eigenvalue weighted by atomic mass is 32.1. The maximum Gasteiger partial charge on any atom is 0.0898 e. The maximum atomic E-state index is 4.57. The summed E-state index contributed by atoms with van der Waals surface area (Å²) in [5.41, 5.74) is 3.78. The van der Waals surface area contributed by atoms with Crippen LogP contribution in [0.5, 0.6) is 0 Å². The van der Waals surface area contributed by atoms with E-state index in [2.05, 4.69) is 64.6 Å². The van der Waals surface area contributed by atoms with Gasteiger partial charge in [0.25, 0.3) is 0 Å². The van der Waals surface area contributed by atoms with Crippen LogP contribution in [-0.4, -0.2) is 16.1 Å². The summed E-state index contributed by atoms with van der Waals surface area (Å²) in [6.07, 6.45) is 2.25. The van der Waals surface area contributed by atoms with Crippen LogP contribution in [0.1, 0.15) is 23.2 Å². The number of aryl methyl sites for hydroxylation is 1. The van der Waals surface area contributed by atoms with Crippen molar-refractivity contribution in [2.75, 3.05) is 6.54 Å². The van der Waals surface area contributed by atoms with Crippen LogP contribution in [0, 0.1) is 6.92 Å². The van der Waals surface area contributed by atoms with Gasteiger partial charge < -0.3 is 9.88 Å². The van der Waals surface area contributed by atoms with Crippen molar-refractivity contribution in [2.45, 2.75) is 26.9 Å². The van der Waals surface area contributed by atoms with Gasteiger partial charge in [0.1, 0.15) is 0 Å². The predicted octanol–water partition coefficient (Wildman–Crippen LogP) is 3.56. The number of thiazole rings is 1. The highest BCUT2D eigenvalue weighted by Crippen LogP contribution is 2.22. The zero-order chi connectivity index (χ0) is 13.9. The molecule has 2 heterocycles. The lowest BCUT2D eigenvalue weighted by Gasteiger charge is -2.02. The molecule has 1 N–H and O–H groups in total. The van der Waals surface area contributed by atoms with Crippen molar-refractivity contribution < 1.29 is 0 Å². The number of hydrogen-bond donors (Lipinski definition) is 1. The van der Waals surface area contributed by atoms with Crippen LogP contribution >= 0.6 is 11.3 Å². The van der Waals surface area contributed by atoms with Gasteiger partial charge in [0.2, 0.25) is 0 Å². The molecule has 0 aliphatic heterocycles. The smallest absolute Gasteiger partial charge is 0.0898 e. The molecule has 4 heteroatoms. The first-order valence-corrected chi connectivity index (χ1v) is 7.84. The Morgan fingerprint density at radius 1 is 1.30 bits per heavy atom. The molecule has 20 heavy (non-hydrogen) atoms. The molecule has 0 bridgehead atoms. The van der Waals surface area contributed by atoms with Crippen molar-refractivity contribution >= 4 is 22.2 Å². The first-order chi connectivity index (χ1) is 9.78. The Morgan fingerprint density at radius 3 is 2.90 bits per heavy atom. The summed E-state index contributed by atoms with van der Waals surface area (Å²) in [7, 11) is 0. The van der Waals surface area contributed by atoms with Gasteiger partial charge in [-0.05, 0) is 25.1 Å². The molecule has 0 amide bonds. The van der Waals surface area contributed by atoms with E-state index < -0.39 is 0 Å². The lowest BCUT2D eigenvalue weighted by Crippen LogP contribution is -2.11. The fraction of sp³-hybridized carbons (Fsp3) is 0.312. The van der Waals surface area contributed by atoms with Crippen LogP contribution in [0.4, 0.5) is 0 Å². The second kappa shape index (κ2) is 5.77. The van der Waals surface area contributed by atoms with Crippen LogP contribution in [0.25, 0.3) is 10.9 Å². The number of nitrogens with zero attached hydrogens (tertiary/aromatic N) is 2. The molecule has 0 atom stereocenters. The summed E-state index contributed by atoms with van der Waals surface area (Å²) in [4.78, 5) is 4.57. The Labute approximate surface area is 123 Å². The summed E-state index contributed by atoms with van der Waals surface area (Å²) in [6, 6.07) is 8.59. The first-order valence-electron chi connectivity index (χ1n) is 6.96. The lowest BCUT2D eigenvalue weighted by molar-refractivity contribution is 0.723. The quantitative estimate of drug-likeness (QED) is 0.776. The highest BCUT2D eigenvalue weighted by Gasteiger charge is 2.09. The van der Waals surface area contributed by atoms with E-state index in [-0.39, 0.29) is 0 Å². The second-order valence-corrected chi connectivity index (χ2v) is 6.00. The summed E-state index contributed by atoms with van der Waals surface area (Å²) in [5.74, 6) is 0. The maximum absolute atomic E-state index is 4.57. The van der Waals surface area contributed by atoms with Gasteiger partial charge >= 0.3 is 0 Å². The Hall–Kier alpha value is -1.65. The number of benzene rings is 1. The van der Waals surface area contributed by atoms with Gasteiger partial charge in [-0.25, -0.2) is 4.98 Å². The van der Waals surface area contributed by atoms with Gasteiger partial charge in [0, 0.05) is 29.0 Å². The van der Waals surface area contributed by atoms with Crippen LogP contribution in [-0.2, 0) is 13.1 Å². The number of nitrogens with one attached hydrogen (secondary N) is 1. The van der Waals surface area contributed by atoms with E-state index in [0.717, 1.165) is 30.3 Å². The fourth-order valence-electron chi connectivity index (χ4n) is 2.51. The lowest BCUT2D eigenvalue weighted by atomic mass is 10.2. The monoisotopic (exact) mass is 285 g/mol. The summed E-state index contributed by atoms with van der Waals surface area (Å²) < 4.78 is 2.30. The summed E-state index contributed by atoms with van der Waals surface area (Å²) in [5, 5.41) is 8.02. The van der Waals surface area contributed by atoms with Crippen LogP contribution in [0.2, 0.25) is 0 Å². The molecule has 0 unspecified atom stereocenters. The molecular formula is C16H19N3S. The molecule has 3 aromatic rings. The predicted molar refractivity (Wildman–Crippen MR) is 85.3 cm³/mol. The van der Waals surface area contributed by atoms with Crippen molar-refractivity contribution in [1.82, 2.24) is 14.9 Å². The SMILES string of the molecule is CCNCc1cn(Cc2csc(C)n2)c2ccccc12. The fourth-order valence-corrected chi connectivity index (χ4v) is 3.11. The molecule has 2 aromatic heterocycles. The van der Waals surface area contributed by atoms with Crippen LogP contribution < -0.4 is 5.32 Å². The van der Waals surface area contributed by atoms with Gasteiger partial charge in [-0.2, -0.15) is 0 Å². The number of fused-ring (bicyclic) bond motifs is 1. The van der Waals surface area contributed by atoms with Crippen molar-refractivity contribution in [3.05, 3.63) is 52.1 Å². The van der Waals surface area contributed by atoms with E-state index in [9.17, 15) is 0 Å². The highest BCUT2D eigenvalue weighted by molar-refractivity contribution is 7.09. The van der Waals surface area contributed by atoms with E-state index in [1.165, 1.54) is 16.5 Å². The standard InChI is InChI=1S/C16H19N3S/c1-3-17-8-13-9-19(10-14-11-20-12(2)18-14)16-7-5-4-6-15(13)16/h4-7,9,11,17H,3,8,10H2,1-2H3. The molecule has 0 radical (unpaired) electrons. The average molecular weight is 285 g/mol. The van der Waals surface area contributed by atoms with Crippen molar-refractivity contribution in [3.63, 3.8) is 0 Å². The Bertz CT molecular complexity index is 711. The van der Waals surface area contributed by atoms with E-state index >= 15 is 0 Å². The third-order valence-electron chi connectivity index (χ3n) is 3.44. The molecule has 0 saturated heterocycles. The first kappa shape index (κ1) is 13.3. The van der Waals surface area contributed by atoms with E-state index in [0.29, 0.717) is 0 Å². The minimum atomic E-state index is 0.844. The van der Waals surface area contributed by atoms with E-state index in [1.807, 2.05) is 0 Å². The second-order valence-electron chi connectivity index (χ2n) is 4.94. The van der Waals surface area contributed by atoms with Crippen molar-refractivity contribution in [3.8, 4) is 0 Å². The van der Waals surface area contributed by atoms with Gasteiger partial charge in [-0.15, -0.1) is 11.3 Å². The zero-order valence-corrected chi connectivity index (χ0v) is 12.7. The average Bonchev–Trinajstić information content (AvgIpc) is 3.02. The molecule has 0 saturated carbocycles. The minimum Gasteiger partial charge on any atom is -0.341 e. The topological polar surface area (TPSA) is 29.9 Å². The molecule has 3 rings (SSSR count). The molecule has 0 aliphatic carbocycles. The number of aromatic nitrogens is 2. The molecule has 0 spiro atoms. The molecule has 1 aromatic carbocycles. The number of rotatable bonds is 5. The Morgan fingerprint density at radius 2 is 2.15 bits per heavy atom. The Kier molecular flexibility index (Phi) is 3.85. The van der Waals surface area contributed by atoms with Crippen LogP contribution in [0.15, 0.2) is 35.8 Å². The molecule has 104 valence electrons. The number of para-hydroxylation sites is 1. The van der Waals surface area contributed by atoms with Gasteiger partial charge in [0.15, 0.2) is 0 Å². The Balaban J connectivity index is 1.97. The third kappa shape index (κ3) is 2.62. The summed E-state index contributed by atoms with van der Waals surface area (Å²) >= 11 is 1.71. The van der Waals surface area contributed by atoms with Gasteiger partial charge in [0.05, 0.1) is 17.2 Å². The van der Waals surface area contributed by atoms with Crippen LogP contribution in [0.3, 0.4) is 0 Å². The van der Waals surface area contributed by atoms with E-state index in [4.69, 9.17) is 0 Å². The van der Waals surface area contributed by atoms with Crippen molar-refractivity contribution in [2.24, 2.45) is 0 Å². The van der Waals surface area contributed by atoms with E-state index in [1.54, 1.807) is 11.3 Å². The largest absolute Gasteiger partial charge is 0.341 e. The van der Waals surface area contributed by atoms with Gasteiger partial charge in [-0.3, -0.25) is 0 Å². The normalized spacial score (nSPS) is 11.3. The molecule has 0 aliphatic rings. The zero-order valence-electron chi connectivity index (χ0n) is 11.9. The molecular weight excluding hydrogens is 266 g/mol. The third-order valence-corrected chi connectivity index (χ3v) is 4.26. The number of hydrogen-bond acceptors (Lipinski definition) is 3. The van der Waals surface area contributed by atoms with Crippen molar-refractivity contribution in [1.29, 1.82) is 0 Å². The summed E-state index contributed by atoms with van der Waals surface area (Å²) in [6.45, 7) is 6.94. The minimum absolute atomic E-state index is 0.844. The van der Waals surface area contributed by atoms with Gasteiger partial charge in [-0.1, -0.05) is 25.1 Å². The molecule has 0 fully saturated rings.